The summed E-state index contributed by atoms with van der Waals surface area (Å²) >= 11 is 0. The number of aliphatic hydroxyl groups is 1. The van der Waals surface area contributed by atoms with Gasteiger partial charge >= 0.3 is 0 Å². The van der Waals surface area contributed by atoms with Crippen LogP contribution in [0.5, 0.6) is 5.75 Å². The molecule has 0 heterocycles. The van der Waals surface area contributed by atoms with Crippen LogP contribution in [0.3, 0.4) is 0 Å². The second-order valence-corrected chi connectivity index (χ2v) is 5.55. The third-order valence-electron chi connectivity index (χ3n) is 3.02. The number of rotatable bonds is 6. The predicted octanol–water partition coefficient (Wildman–Crippen LogP) is 3.82. The van der Waals surface area contributed by atoms with Crippen molar-refractivity contribution in [1.29, 1.82) is 0 Å². The van der Waals surface area contributed by atoms with E-state index in [-0.39, 0.29) is 0 Å². The molecule has 2 heteroatoms. The first-order valence-corrected chi connectivity index (χ1v) is 6.53. The van der Waals surface area contributed by atoms with Crippen molar-refractivity contribution in [3.05, 3.63) is 41.5 Å². The minimum Gasteiger partial charge on any atom is -0.508 e. The van der Waals surface area contributed by atoms with E-state index in [0.717, 1.165) is 31.2 Å². The highest BCUT2D eigenvalue weighted by Crippen LogP contribution is 2.19. The average Bonchev–Trinajstić information content (AvgIpc) is 2.26. The second-order valence-electron chi connectivity index (χ2n) is 5.55. The molecule has 100 valence electrons. The fourth-order valence-corrected chi connectivity index (χ4v) is 1.87. The molecular weight excluding hydrogens is 224 g/mol. The minimum absolute atomic E-state index is 0.359. The lowest BCUT2D eigenvalue weighted by Crippen LogP contribution is -2.17. The Hall–Kier alpha value is -1.28. The van der Waals surface area contributed by atoms with Gasteiger partial charge in [0.15, 0.2) is 0 Å². The number of phenolic OH excluding ortho intramolecular Hbond substituents is 1. The van der Waals surface area contributed by atoms with Crippen molar-refractivity contribution < 1.29 is 10.2 Å². The van der Waals surface area contributed by atoms with Gasteiger partial charge in [-0.3, -0.25) is 0 Å². The Labute approximate surface area is 110 Å². The monoisotopic (exact) mass is 248 g/mol. The van der Waals surface area contributed by atoms with E-state index < -0.39 is 5.60 Å². The van der Waals surface area contributed by atoms with Gasteiger partial charge in [-0.2, -0.15) is 0 Å². The molecule has 0 saturated carbocycles. The zero-order valence-corrected chi connectivity index (χ0v) is 11.6. The fraction of sp³-hybridized carbons (Fsp3) is 0.500. The highest BCUT2D eigenvalue weighted by atomic mass is 16.3. The van der Waals surface area contributed by atoms with E-state index in [4.69, 9.17) is 0 Å². The number of hydrogen-bond donors (Lipinski definition) is 2. The van der Waals surface area contributed by atoms with Crippen molar-refractivity contribution in [3.63, 3.8) is 0 Å². The molecule has 0 aliphatic heterocycles. The van der Waals surface area contributed by atoms with Gasteiger partial charge in [0.1, 0.15) is 5.75 Å². The molecular formula is C16H24O2. The number of aromatic hydroxyl groups is 1. The predicted molar refractivity (Wildman–Crippen MR) is 75.7 cm³/mol. The van der Waals surface area contributed by atoms with E-state index >= 15 is 0 Å². The molecule has 0 aromatic heterocycles. The van der Waals surface area contributed by atoms with Gasteiger partial charge in [-0.25, -0.2) is 0 Å². The molecule has 1 aromatic rings. The van der Waals surface area contributed by atoms with Crippen LogP contribution in [0.4, 0.5) is 0 Å². The second kappa shape index (κ2) is 6.60. The maximum absolute atomic E-state index is 9.64. The maximum Gasteiger partial charge on any atom is 0.119 e. The molecule has 2 N–H and O–H groups in total. The van der Waals surface area contributed by atoms with Crippen LogP contribution < -0.4 is 0 Å². The highest BCUT2D eigenvalue weighted by Gasteiger charge is 2.11. The smallest absolute Gasteiger partial charge is 0.119 e. The molecule has 0 aliphatic rings. The normalized spacial score (nSPS) is 12.8. The summed E-state index contributed by atoms with van der Waals surface area (Å²) in [6.45, 7) is 5.78. The van der Waals surface area contributed by atoms with Crippen molar-refractivity contribution >= 4 is 0 Å². The Morgan fingerprint density at radius 3 is 2.56 bits per heavy atom. The third kappa shape index (κ3) is 5.87. The van der Waals surface area contributed by atoms with Gasteiger partial charge in [0.2, 0.25) is 0 Å². The SMILES string of the molecule is C/C(=C\Cc1ccccc1O)CCCC(C)(C)O. The Bertz CT molecular complexity index is 400. The fourth-order valence-electron chi connectivity index (χ4n) is 1.87. The van der Waals surface area contributed by atoms with Crippen molar-refractivity contribution in [2.24, 2.45) is 0 Å². The highest BCUT2D eigenvalue weighted by molar-refractivity contribution is 5.33. The van der Waals surface area contributed by atoms with E-state index in [1.54, 1.807) is 6.07 Å². The van der Waals surface area contributed by atoms with Crippen LogP contribution >= 0.6 is 0 Å². The standard InChI is InChI=1S/C16H24O2/c1-13(7-6-12-16(2,3)18)10-11-14-8-4-5-9-15(14)17/h4-5,8-10,17-18H,6-7,11-12H2,1-3H3/b13-10+. The first kappa shape index (κ1) is 14.8. The topological polar surface area (TPSA) is 40.5 Å². The van der Waals surface area contributed by atoms with Crippen LogP contribution in [0.25, 0.3) is 0 Å². The van der Waals surface area contributed by atoms with Gasteiger partial charge in [0.25, 0.3) is 0 Å². The average molecular weight is 248 g/mol. The summed E-state index contributed by atoms with van der Waals surface area (Å²) in [7, 11) is 0. The van der Waals surface area contributed by atoms with Gasteiger partial charge in [-0.1, -0.05) is 29.8 Å². The van der Waals surface area contributed by atoms with Crippen LogP contribution in [0.15, 0.2) is 35.9 Å². The van der Waals surface area contributed by atoms with E-state index in [0.29, 0.717) is 5.75 Å². The van der Waals surface area contributed by atoms with Crippen LogP contribution in [-0.4, -0.2) is 15.8 Å². The minimum atomic E-state index is -0.571. The lowest BCUT2D eigenvalue weighted by Gasteiger charge is -2.16. The molecule has 0 amide bonds. The molecule has 0 spiro atoms. The molecule has 0 fully saturated rings. The van der Waals surface area contributed by atoms with Crippen molar-refractivity contribution in [2.75, 3.05) is 0 Å². The van der Waals surface area contributed by atoms with Gasteiger partial charge < -0.3 is 10.2 Å². The summed E-state index contributed by atoms with van der Waals surface area (Å²) in [5.74, 6) is 0.359. The zero-order chi connectivity index (χ0) is 13.6. The van der Waals surface area contributed by atoms with Crippen LogP contribution in [-0.2, 0) is 6.42 Å². The van der Waals surface area contributed by atoms with E-state index in [1.165, 1.54) is 5.57 Å². The summed E-state index contributed by atoms with van der Waals surface area (Å²) in [6, 6.07) is 7.42. The first-order valence-electron chi connectivity index (χ1n) is 6.53. The van der Waals surface area contributed by atoms with Crippen molar-refractivity contribution in [1.82, 2.24) is 0 Å². The van der Waals surface area contributed by atoms with Gasteiger partial charge in [-0.15, -0.1) is 0 Å². The lowest BCUT2D eigenvalue weighted by molar-refractivity contribution is 0.0689. The number of phenols is 1. The number of para-hydroxylation sites is 1. The largest absolute Gasteiger partial charge is 0.508 e. The molecule has 0 atom stereocenters. The Morgan fingerprint density at radius 2 is 1.94 bits per heavy atom. The van der Waals surface area contributed by atoms with Crippen molar-refractivity contribution in [2.45, 2.75) is 52.1 Å². The van der Waals surface area contributed by atoms with E-state index in [9.17, 15) is 10.2 Å². The van der Waals surface area contributed by atoms with E-state index in [1.807, 2.05) is 32.0 Å². The van der Waals surface area contributed by atoms with Crippen LogP contribution in [0.2, 0.25) is 0 Å². The number of hydrogen-bond acceptors (Lipinski definition) is 2. The van der Waals surface area contributed by atoms with E-state index in [2.05, 4.69) is 13.0 Å². The number of allylic oxidation sites excluding steroid dienone is 2. The Balaban J connectivity index is 2.41. The third-order valence-corrected chi connectivity index (χ3v) is 3.02. The van der Waals surface area contributed by atoms with Crippen LogP contribution in [0, 0.1) is 0 Å². The molecule has 0 aliphatic carbocycles. The molecule has 1 rings (SSSR count). The van der Waals surface area contributed by atoms with Gasteiger partial charge in [0.05, 0.1) is 5.60 Å². The lowest BCUT2D eigenvalue weighted by atomic mass is 9.98. The molecule has 0 radical (unpaired) electrons. The Morgan fingerprint density at radius 1 is 1.28 bits per heavy atom. The molecule has 0 bridgehead atoms. The first-order chi connectivity index (χ1) is 8.38. The quantitative estimate of drug-likeness (QED) is 0.751. The maximum atomic E-state index is 9.64. The number of benzene rings is 1. The Kier molecular flexibility index (Phi) is 5.42. The summed E-state index contributed by atoms with van der Waals surface area (Å²) in [6.07, 6.45) is 5.72. The summed E-state index contributed by atoms with van der Waals surface area (Å²) in [5.41, 5.74) is 1.69. The summed E-state index contributed by atoms with van der Waals surface area (Å²) < 4.78 is 0. The summed E-state index contributed by atoms with van der Waals surface area (Å²) in [5, 5.41) is 19.3. The van der Waals surface area contributed by atoms with Gasteiger partial charge in [0, 0.05) is 0 Å². The molecule has 0 unspecified atom stereocenters. The molecule has 2 nitrogen and oxygen atoms in total. The van der Waals surface area contributed by atoms with Crippen molar-refractivity contribution in [3.8, 4) is 5.75 Å². The molecule has 18 heavy (non-hydrogen) atoms. The zero-order valence-electron chi connectivity index (χ0n) is 11.6. The summed E-state index contributed by atoms with van der Waals surface area (Å²) in [4.78, 5) is 0. The van der Waals surface area contributed by atoms with Crippen LogP contribution in [0.1, 0.15) is 45.6 Å². The molecule has 1 aromatic carbocycles. The molecule has 0 saturated heterocycles. The van der Waals surface area contributed by atoms with Gasteiger partial charge in [-0.05, 0) is 58.1 Å².